The van der Waals surface area contributed by atoms with Gasteiger partial charge in [-0.05, 0) is 66.0 Å². The normalized spacial score (nSPS) is 19.0. The fraction of sp³-hybridized carbons (Fsp3) is 0.448. The Balaban J connectivity index is 1.12. The number of ether oxygens (including phenoxy) is 1. The molecule has 1 aromatic heterocycles. The third-order valence-corrected chi connectivity index (χ3v) is 8.87. The molecule has 2 saturated heterocycles. The first-order valence-electron chi connectivity index (χ1n) is 13.1. The van der Waals surface area contributed by atoms with Crippen molar-refractivity contribution in [3.63, 3.8) is 0 Å². The molecule has 0 radical (unpaired) electrons. The molecule has 3 aliphatic rings. The Morgan fingerprint density at radius 1 is 1.03 bits per heavy atom. The van der Waals surface area contributed by atoms with Gasteiger partial charge in [-0.15, -0.1) is 11.3 Å². The Labute approximate surface area is 217 Å². The molecule has 7 heteroatoms. The lowest BCUT2D eigenvalue weighted by Crippen LogP contribution is -2.47. The number of carbonyl (C=O) groups excluding carboxylic acids is 1. The summed E-state index contributed by atoms with van der Waals surface area (Å²) < 4.78 is 5.51. The third kappa shape index (κ3) is 4.87. The highest BCUT2D eigenvalue weighted by Crippen LogP contribution is 2.32. The molecule has 6 rings (SSSR count). The summed E-state index contributed by atoms with van der Waals surface area (Å²) in [6.07, 6.45) is 7.23. The van der Waals surface area contributed by atoms with Crippen molar-refractivity contribution in [1.82, 2.24) is 9.88 Å². The van der Waals surface area contributed by atoms with Crippen LogP contribution in [0.1, 0.15) is 52.3 Å². The number of urea groups is 1. The Kier molecular flexibility index (Phi) is 6.67. The minimum absolute atomic E-state index is 0.0965. The number of rotatable bonds is 5. The molecular formula is C29H34N4O2S. The molecule has 36 heavy (non-hydrogen) atoms. The average Bonchev–Trinajstić information content (AvgIpc) is 3.39. The van der Waals surface area contributed by atoms with Gasteiger partial charge in [-0.2, -0.15) is 0 Å². The van der Waals surface area contributed by atoms with Gasteiger partial charge in [-0.3, -0.25) is 4.90 Å². The summed E-state index contributed by atoms with van der Waals surface area (Å²) in [5.41, 5.74) is 6.48. The van der Waals surface area contributed by atoms with E-state index in [0.717, 1.165) is 82.3 Å². The number of carbonyl (C=O) groups is 1. The van der Waals surface area contributed by atoms with Gasteiger partial charge >= 0.3 is 6.03 Å². The van der Waals surface area contributed by atoms with Crippen molar-refractivity contribution in [1.29, 1.82) is 0 Å². The average molecular weight is 503 g/mol. The molecule has 2 fully saturated rings. The van der Waals surface area contributed by atoms with E-state index in [9.17, 15) is 4.79 Å². The lowest BCUT2D eigenvalue weighted by molar-refractivity contribution is 0.0853. The summed E-state index contributed by atoms with van der Waals surface area (Å²) >= 11 is 1.80. The maximum absolute atomic E-state index is 12.7. The summed E-state index contributed by atoms with van der Waals surface area (Å²) in [7, 11) is 1.88. The highest BCUT2D eigenvalue weighted by Gasteiger charge is 2.26. The predicted octanol–water partition coefficient (Wildman–Crippen LogP) is 5.45. The van der Waals surface area contributed by atoms with Crippen LogP contribution in [0.5, 0.6) is 0 Å². The predicted molar refractivity (Wildman–Crippen MR) is 145 cm³/mol. The first-order chi connectivity index (χ1) is 17.6. The minimum Gasteiger partial charge on any atom is -0.381 e. The van der Waals surface area contributed by atoms with Gasteiger partial charge in [0, 0.05) is 69.6 Å². The van der Waals surface area contributed by atoms with E-state index in [-0.39, 0.29) is 6.03 Å². The second-order valence-electron chi connectivity index (χ2n) is 10.2. The Bertz CT molecular complexity index is 1220. The van der Waals surface area contributed by atoms with Gasteiger partial charge in [0.25, 0.3) is 0 Å². The van der Waals surface area contributed by atoms with Crippen LogP contribution in [0.4, 0.5) is 15.6 Å². The summed E-state index contributed by atoms with van der Waals surface area (Å²) in [6.45, 7) is 5.20. The first kappa shape index (κ1) is 23.5. The molecule has 0 saturated carbocycles. The van der Waals surface area contributed by atoms with Crippen LogP contribution in [-0.2, 0) is 24.1 Å². The molecule has 3 aromatic rings. The number of benzene rings is 2. The van der Waals surface area contributed by atoms with E-state index in [1.807, 2.05) is 23.0 Å². The Hall–Kier alpha value is -2.90. The molecule has 2 amide bonds. The molecule has 0 unspecified atom stereocenters. The molecule has 4 heterocycles. The van der Waals surface area contributed by atoms with Gasteiger partial charge in [0.1, 0.15) is 0 Å². The number of anilines is 2. The van der Waals surface area contributed by atoms with Crippen molar-refractivity contribution in [2.45, 2.75) is 44.6 Å². The lowest BCUT2D eigenvalue weighted by atomic mass is 9.91. The number of aromatic nitrogens is 1. The van der Waals surface area contributed by atoms with Crippen LogP contribution in [0, 0.1) is 0 Å². The quantitative estimate of drug-likeness (QED) is 0.465. The SMILES string of the molecule is CN1CCCN(c2ccc3c(c2)CN(c2ncc(Cc4ccc(C5CCOCC5)cc4)s2)CC3)C1=O. The van der Waals surface area contributed by atoms with Crippen LogP contribution >= 0.6 is 11.3 Å². The van der Waals surface area contributed by atoms with Crippen molar-refractivity contribution in [3.8, 4) is 0 Å². The van der Waals surface area contributed by atoms with Crippen LogP contribution in [-0.4, -0.2) is 55.8 Å². The van der Waals surface area contributed by atoms with Crippen molar-refractivity contribution >= 4 is 28.2 Å². The van der Waals surface area contributed by atoms with Crippen molar-refractivity contribution in [2.24, 2.45) is 0 Å². The fourth-order valence-electron chi connectivity index (χ4n) is 5.64. The molecule has 2 aromatic carbocycles. The first-order valence-corrected chi connectivity index (χ1v) is 14.0. The Morgan fingerprint density at radius 3 is 2.69 bits per heavy atom. The van der Waals surface area contributed by atoms with Crippen LogP contribution < -0.4 is 9.80 Å². The number of hydrogen-bond acceptors (Lipinski definition) is 5. The highest BCUT2D eigenvalue weighted by molar-refractivity contribution is 7.15. The van der Waals surface area contributed by atoms with Gasteiger partial charge in [0.15, 0.2) is 5.13 Å². The zero-order valence-electron chi connectivity index (χ0n) is 21.0. The monoisotopic (exact) mass is 502 g/mol. The maximum atomic E-state index is 12.7. The van der Waals surface area contributed by atoms with E-state index in [0.29, 0.717) is 5.92 Å². The van der Waals surface area contributed by atoms with Crippen LogP contribution in [0.2, 0.25) is 0 Å². The summed E-state index contributed by atoms with van der Waals surface area (Å²) in [5.74, 6) is 0.638. The molecule has 0 aliphatic carbocycles. The van der Waals surface area contributed by atoms with Crippen LogP contribution in [0.3, 0.4) is 0 Å². The topological polar surface area (TPSA) is 48.9 Å². The third-order valence-electron chi connectivity index (χ3n) is 7.81. The van der Waals surface area contributed by atoms with E-state index >= 15 is 0 Å². The van der Waals surface area contributed by atoms with Gasteiger partial charge in [0.2, 0.25) is 0 Å². The van der Waals surface area contributed by atoms with Gasteiger partial charge in [-0.25, -0.2) is 9.78 Å². The maximum Gasteiger partial charge on any atom is 0.324 e. The zero-order valence-corrected chi connectivity index (χ0v) is 21.8. The number of fused-ring (bicyclic) bond motifs is 1. The zero-order chi connectivity index (χ0) is 24.5. The van der Waals surface area contributed by atoms with E-state index in [2.05, 4.69) is 47.4 Å². The van der Waals surface area contributed by atoms with Crippen molar-refractivity contribution in [2.75, 3.05) is 49.7 Å². The number of hydrogen-bond donors (Lipinski definition) is 0. The number of thiazole rings is 1. The summed E-state index contributed by atoms with van der Waals surface area (Å²) in [4.78, 5) is 24.9. The second-order valence-corrected chi connectivity index (χ2v) is 11.3. The highest BCUT2D eigenvalue weighted by atomic mass is 32.1. The minimum atomic E-state index is 0.0965. The van der Waals surface area contributed by atoms with Crippen molar-refractivity contribution in [3.05, 3.63) is 75.8 Å². The van der Waals surface area contributed by atoms with E-state index in [1.165, 1.54) is 27.1 Å². The van der Waals surface area contributed by atoms with Crippen molar-refractivity contribution < 1.29 is 9.53 Å². The Morgan fingerprint density at radius 2 is 1.86 bits per heavy atom. The van der Waals surface area contributed by atoms with Gasteiger partial charge in [0.05, 0.1) is 0 Å². The second kappa shape index (κ2) is 10.2. The summed E-state index contributed by atoms with van der Waals surface area (Å²) in [6, 6.07) is 15.8. The number of amides is 2. The molecule has 188 valence electrons. The van der Waals surface area contributed by atoms with E-state index < -0.39 is 0 Å². The van der Waals surface area contributed by atoms with E-state index in [1.54, 1.807) is 11.3 Å². The standard InChI is InChI=1S/C29H34N4O2S/c1-31-12-2-13-33(29(31)34)26-8-7-23-9-14-32(20-25(23)18-26)28-30-19-27(36-28)17-21-3-5-22(6-4-21)24-10-15-35-16-11-24/h3-8,18-19,24H,2,9-17,20H2,1H3. The van der Waals surface area contributed by atoms with Crippen LogP contribution in [0.15, 0.2) is 48.7 Å². The smallest absolute Gasteiger partial charge is 0.324 e. The molecule has 3 aliphatic heterocycles. The number of nitrogens with zero attached hydrogens (tertiary/aromatic N) is 4. The largest absolute Gasteiger partial charge is 0.381 e. The lowest BCUT2D eigenvalue weighted by Gasteiger charge is -2.34. The van der Waals surface area contributed by atoms with Crippen LogP contribution in [0.25, 0.3) is 0 Å². The molecule has 6 nitrogen and oxygen atoms in total. The van der Waals surface area contributed by atoms with E-state index in [4.69, 9.17) is 9.72 Å². The molecular weight excluding hydrogens is 468 g/mol. The summed E-state index contributed by atoms with van der Waals surface area (Å²) in [5, 5.41) is 1.09. The fourth-order valence-corrected chi connectivity index (χ4v) is 6.61. The molecule has 0 bridgehead atoms. The molecule has 0 atom stereocenters. The molecule has 0 N–H and O–H groups in total. The molecule has 0 spiro atoms. The van der Waals surface area contributed by atoms with Gasteiger partial charge in [-0.1, -0.05) is 30.3 Å². The van der Waals surface area contributed by atoms with Gasteiger partial charge < -0.3 is 14.5 Å².